The van der Waals surface area contributed by atoms with Crippen LogP contribution < -0.4 is 4.74 Å². The molecule has 0 aliphatic heterocycles. The maximum absolute atomic E-state index is 11.5. The van der Waals surface area contributed by atoms with Gasteiger partial charge >= 0.3 is 5.97 Å². The summed E-state index contributed by atoms with van der Waals surface area (Å²) in [4.78, 5) is 15.7. The zero-order chi connectivity index (χ0) is 13.7. The maximum Gasteiger partial charge on any atom is 0.358 e. The number of hydrogen-bond acceptors (Lipinski definition) is 6. The summed E-state index contributed by atoms with van der Waals surface area (Å²) in [6.45, 7) is -0.270. The second-order valence-corrected chi connectivity index (χ2v) is 4.36. The molecule has 0 radical (unpaired) electrons. The Bertz CT molecular complexity index is 614. The first-order valence-corrected chi connectivity index (χ1v) is 6.26. The molecule has 0 N–H and O–H groups in total. The summed E-state index contributed by atoms with van der Waals surface area (Å²) in [6, 6.07) is 9.11. The molecule has 0 unspecified atom stereocenters. The van der Waals surface area contributed by atoms with Gasteiger partial charge < -0.3 is 9.47 Å². The summed E-state index contributed by atoms with van der Waals surface area (Å²) in [7, 11) is 1.60. The van der Waals surface area contributed by atoms with Gasteiger partial charge in [-0.3, -0.25) is 0 Å². The number of aromatic nitrogens is 1. The van der Waals surface area contributed by atoms with Crippen LogP contribution in [0.3, 0.4) is 0 Å². The minimum atomic E-state index is -0.586. The third kappa shape index (κ3) is 3.09. The van der Waals surface area contributed by atoms with E-state index in [2.05, 4.69) is 9.72 Å². The molecule has 0 fully saturated rings. The number of carbonyl (C=O) groups excluding carboxylic acids is 1. The van der Waals surface area contributed by atoms with Gasteiger partial charge in [-0.05, 0) is 24.3 Å². The Balaban J connectivity index is 2.16. The predicted molar refractivity (Wildman–Crippen MR) is 70.0 cm³/mol. The van der Waals surface area contributed by atoms with E-state index < -0.39 is 5.97 Å². The highest BCUT2D eigenvalue weighted by Gasteiger charge is 2.12. The Hall–Kier alpha value is -2.39. The molecule has 0 atom stereocenters. The van der Waals surface area contributed by atoms with Crippen LogP contribution in [0.1, 0.15) is 10.5 Å². The lowest BCUT2D eigenvalue weighted by Crippen LogP contribution is -2.05. The number of hydrogen-bond donors (Lipinski definition) is 0. The largest absolute Gasteiger partial charge is 0.497 e. The van der Waals surface area contributed by atoms with Gasteiger partial charge in [0.05, 0.1) is 7.11 Å². The van der Waals surface area contributed by atoms with Crippen LogP contribution >= 0.6 is 11.3 Å². The van der Waals surface area contributed by atoms with Crippen molar-refractivity contribution in [2.45, 2.75) is 0 Å². The fourth-order valence-electron chi connectivity index (χ4n) is 1.41. The molecule has 96 valence electrons. The normalized spacial score (nSPS) is 9.68. The first kappa shape index (κ1) is 13.1. The molecule has 19 heavy (non-hydrogen) atoms. The van der Waals surface area contributed by atoms with Crippen molar-refractivity contribution in [2.75, 3.05) is 13.7 Å². The highest BCUT2D eigenvalue weighted by molar-refractivity contribution is 7.13. The summed E-state index contributed by atoms with van der Waals surface area (Å²) in [6.07, 6.45) is 0. The lowest BCUT2D eigenvalue weighted by atomic mass is 10.2. The van der Waals surface area contributed by atoms with E-state index in [9.17, 15) is 4.79 Å². The second kappa shape index (κ2) is 5.98. The Kier molecular flexibility index (Phi) is 4.11. The number of methoxy groups -OCH3 is 1. The van der Waals surface area contributed by atoms with Crippen molar-refractivity contribution < 1.29 is 14.3 Å². The third-order valence-electron chi connectivity index (χ3n) is 2.32. The first-order chi connectivity index (χ1) is 9.24. The van der Waals surface area contributed by atoms with Crippen LogP contribution in [0.25, 0.3) is 10.6 Å². The standard InChI is InChI=1S/C13H10N2O3S/c1-17-10-4-2-9(3-5-10)12-15-11(8-19-12)13(16)18-7-6-14/h2-5,8H,7H2,1H3. The van der Waals surface area contributed by atoms with Crippen LogP contribution in [0.15, 0.2) is 29.6 Å². The van der Waals surface area contributed by atoms with E-state index in [-0.39, 0.29) is 12.3 Å². The molecule has 1 aromatic heterocycles. The van der Waals surface area contributed by atoms with Crippen LogP contribution in [0.5, 0.6) is 5.75 Å². The van der Waals surface area contributed by atoms with Gasteiger partial charge in [0.2, 0.25) is 0 Å². The summed E-state index contributed by atoms with van der Waals surface area (Å²) >= 11 is 1.34. The van der Waals surface area contributed by atoms with Crippen molar-refractivity contribution in [3.05, 3.63) is 35.3 Å². The van der Waals surface area contributed by atoms with Gasteiger partial charge in [-0.1, -0.05) is 0 Å². The first-order valence-electron chi connectivity index (χ1n) is 5.38. The lowest BCUT2D eigenvalue weighted by Gasteiger charge is -2.00. The van der Waals surface area contributed by atoms with Crippen LogP contribution in [0.4, 0.5) is 0 Å². The molecule has 1 heterocycles. The van der Waals surface area contributed by atoms with E-state index in [1.807, 2.05) is 24.3 Å². The van der Waals surface area contributed by atoms with Gasteiger partial charge in [-0.25, -0.2) is 9.78 Å². The third-order valence-corrected chi connectivity index (χ3v) is 3.21. The number of nitrogens with zero attached hydrogens (tertiary/aromatic N) is 2. The van der Waals surface area contributed by atoms with Crippen LogP contribution in [-0.4, -0.2) is 24.7 Å². The number of nitriles is 1. The molecule has 5 nitrogen and oxygen atoms in total. The number of carbonyl (C=O) groups is 1. The quantitative estimate of drug-likeness (QED) is 0.801. The molecule has 0 spiro atoms. The second-order valence-electron chi connectivity index (χ2n) is 3.50. The molecule has 0 bridgehead atoms. The summed E-state index contributed by atoms with van der Waals surface area (Å²) < 4.78 is 9.76. The molecular weight excluding hydrogens is 264 g/mol. The van der Waals surface area contributed by atoms with Crippen LogP contribution in [-0.2, 0) is 4.74 Å². The molecule has 1 aromatic carbocycles. The summed E-state index contributed by atoms with van der Waals surface area (Å²) in [5.74, 6) is 0.173. The van der Waals surface area contributed by atoms with E-state index in [0.29, 0.717) is 5.01 Å². The zero-order valence-corrected chi connectivity index (χ0v) is 10.9. The molecule has 0 saturated carbocycles. The molecule has 0 aliphatic carbocycles. The Labute approximate surface area is 114 Å². The zero-order valence-electron chi connectivity index (χ0n) is 10.1. The van der Waals surface area contributed by atoms with E-state index in [1.165, 1.54) is 11.3 Å². The fraction of sp³-hybridized carbons (Fsp3) is 0.154. The van der Waals surface area contributed by atoms with E-state index in [0.717, 1.165) is 11.3 Å². The molecule has 2 rings (SSSR count). The van der Waals surface area contributed by atoms with Crippen molar-refractivity contribution in [1.82, 2.24) is 4.98 Å². The highest BCUT2D eigenvalue weighted by Crippen LogP contribution is 2.25. The predicted octanol–water partition coefficient (Wildman–Crippen LogP) is 2.50. The number of benzene rings is 1. The average Bonchev–Trinajstić information content (AvgIpc) is 2.94. The van der Waals surface area contributed by atoms with Gasteiger partial charge in [0.25, 0.3) is 0 Å². The van der Waals surface area contributed by atoms with Gasteiger partial charge in [0, 0.05) is 10.9 Å². The molecule has 0 aliphatic rings. The molecule has 2 aromatic rings. The van der Waals surface area contributed by atoms with E-state index >= 15 is 0 Å². The van der Waals surface area contributed by atoms with Crippen LogP contribution in [0, 0.1) is 11.3 Å². The van der Waals surface area contributed by atoms with Gasteiger partial charge in [-0.2, -0.15) is 5.26 Å². The smallest absolute Gasteiger partial charge is 0.358 e. The number of esters is 1. The fourth-order valence-corrected chi connectivity index (χ4v) is 2.20. The van der Waals surface area contributed by atoms with Crippen molar-refractivity contribution in [1.29, 1.82) is 5.26 Å². The minimum Gasteiger partial charge on any atom is -0.497 e. The van der Waals surface area contributed by atoms with Crippen molar-refractivity contribution in [3.63, 3.8) is 0 Å². The molecule has 0 saturated heterocycles. The monoisotopic (exact) mass is 274 g/mol. The van der Waals surface area contributed by atoms with E-state index in [4.69, 9.17) is 10.00 Å². The van der Waals surface area contributed by atoms with Gasteiger partial charge in [-0.15, -0.1) is 11.3 Å². The molecule has 0 amide bonds. The number of ether oxygens (including phenoxy) is 2. The maximum atomic E-state index is 11.5. The number of rotatable bonds is 4. The molecular formula is C13H10N2O3S. The van der Waals surface area contributed by atoms with Gasteiger partial charge in [0.15, 0.2) is 12.3 Å². The van der Waals surface area contributed by atoms with Gasteiger partial charge in [0.1, 0.15) is 16.8 Å². The highest BCUT2D eigenvalue weighted by atomic mass is 32.1. The van der Waals surface area contributed by atoms with E-state index in [1.54, 1.807) is 18.6 Å². The Morgan fingerprint density at radius 1 is 1.42 bits per heavy atom. The van der Waals surface area contributed by atoms with Crippen molar-refractivity contribution >= 4 is 17.3 Å². The number of thiazole rings is 1. The van der Waals surface area contributed by atoms with Crippen LogP contribution in [0.2, 0.25) is 0 Å². The molecule has 6 heteroatoms. The van der Waals surface area contributed by atoms with Crippen molar-refractivity contribution in [3.8, 4) is 22.4 Å². The Morgan fingerprint density at radius 3 is 2.79 bits per heavy atom. The SMILES string of the molecule is COc1ccc(-c2nc(C(=O)OCC#N)cs2)cc1. The topological polar surface area (TPSA) is 72.2 Å². The summed E-state index contributed by atoms with van der Waals surface area (Å²) in [5.41, 5.74) is 1.11. The summed E-state index contributed by atoms with van der Waals surface area (Å²) in [5, 5.41) is 10.7. The lowest BCUT2D eigenvalue weighted by molar-refractivity contribution is 0.0549. The Morgan fingerprint density at radius 2 is 2.16 bits per heavy atom. The van der Waals surface area contributed by atoms with Crippen molar-refractivity contribution in [2.24, 2.45) is 0 Å². The minimum absolute atomic E-state index is 0.214. The average molecular weight is 274 g/mol.